The minimum Gasteiger partial charge on any atom is -0.484 e. The zero-order valence-corrected chi connectivity index (χ0v) is 16.8. The zero-order valence-electron chi connectivity index (χ0n) is 16.8. The molecule has 1 atom stereocenters. The number of rotatable bonds is 11. The summed E-state index contributed by atoms with van der Waals surface area (Å²) in [5.41, 5.74) is 1.13. The van der Waals surface area contributed by atoms with Crippen molar-refractivity contribution in [3.8, 4) is 5.75 Å². The van der Waals surface area contributed by atoms with Crippen molar-refractivity contribution in [3.63, 3.8) is 0 Å². The molecule has 5 nitrogen and oxygen atoms in total. The van der Waals surface area contributed by atoms with Gasteiger partial charge in [0.05, 0.1) is 0 Å². The lowest BCUT2D eigenvalue weighted by Gasteiger charge is -2.30. The Morgan fingerprint density at radius 2 is 1.64 bits per heavy atom. The molecule has 2 rings (SSSR count). The van der Waals surface area contributed by atoms with Crippen molar-refractivity contribution in [2.75, 3.05) is 19.7 Å². The van der Waals surface area contributed by atoms with Gasteiger partial charge >= 0.3 is 0 Å². The summed E-state index contributed by atoms with van der Waals surface area (Å²) in [6.07, 6.45) is 2.11. The molecule has 0 bridgehead atoms. The Balaban J connectivity index is 2.08. The normalized spacial score (nSPS) is 11.5. The molecular formula is C23H30N2O3. The van der Waals surface area contributed by atoms with Crippen LogP contribution in [0.3, 0.4) is 0 Å². The maximum atomic E-state index is 12.9. The number of para-hydroxylation sites is 1. The highest BCUT2D eigenvalue weighted by Crippen LogP contribution is 2.12. The van der Waals surface area contributed by atoms with Crippen LogP contribution in [0.25, 0.3) is 0 Å². The summed E-state index contributed by atoms with van der Waals surface area (Å²) in [4.78, 5) is 27.2. The quantitative estimate of drug-likeness (QED) is 0.648. The minimum absolute atomic E-state index is 0.0869. The molecule has 2 aromatic rings. The molecule has 0 saturated heterocycles. The molecule has 28 heavy (non-hydrogen) atoms. The smallest absolute Gasteiger partial charge is 0.261 e. The van der Waals surface area contributed by atoms with Crippen molar-refractivity contribution in [2.24, 2.45) is 0 Å². The maximum Gasteiger partial charge on any atom is 0.261 e. The number of carbonyl (C=O) groups excluding carboxylic acids is 2. The van der Waals surface area contributed by atoms with Crippen molar-refractivity contribution >= 4 is 11.8 Å². The average Bonchev–Trinajstić information content (AvgIpc) is 2.74. The lowest BCUT2D eigenvalue weighted by Crippen LogP contribution is -2.51. The number of nitrogens with zero attached hydrogens (tertiary/aromatic N) is 1. The molecule has 0 aliphatic heterocycles. The Morgan fingerprint density at radius 1 is 1.00 bits per heavy atom. The van der Waals surface area contributed by atoms with Gasteiger partial charge in [0.2, 0.25) is 5.91 Å². The number of amides is 2. The summed E-state index contributed by atoms with van der Waals surface area (Å²) < 4.78 is 5.63. The zero-order chi connectivity index (χ0) is 20.2. The van der Waals surface area contributed by atoms with E-state index in [2.05, 4.69) is 5.32 Å². The molecule has 1 N–H and O–H groups in total. The number of ether oxygens (including phenoxy) is 1. The second-order valence-electron chi connectivity index (χ2n) is 6.64. The molecule has 0 aromatic heterocycles. The Kier molecular flexibility index (Phi) is 9.05. The molecule has 2 aromatic carbocycles. The molecule has 0 unspecified atom stereocenters. The molecule has 0 aliphatic rings. The lowest BCUT2D eigenvalue weighted by atomic mass is 10.1. The van der Waals surface area contributed by atoms with Gasteiger partial charge in [-0.1, -0.05) is 62.4 Å². The highest BCUT2D eigenvalue weighted by Gasteiger charge is 2.28. The number of carbonyl (C=O) groups is 2. The maximum absolute atomic E-state index is 12.9. The summed E-state index contributed by atoms with van der Waals surface area (Å²) in [6, 6.07) is 18.7. The van der Waals surface area contributed by atoms with Crippen LogP contribution in [0, 0.1) is 0 Å². The molecule has 0 radical (unpaired) electrons. The molecule has 150 valence electrons. The molecule has 0 fully saturated rings. The summed E-state index contributed by atoms with van der Waals surface area (Å²) >= 11 is 0. The number of hydrogen-bond acceptors (Lipinski definition) is 3. The second kappa shape index (κ2) is 11.8. The fraction of sp³-hybridized carbons (Fsp3) is 0.391. The fourth-order valence-electron chi connectivity index (χ4n) is 3.01. The second-order valence-corrected chi connectivity index (χ2v) is 6.64. The van der Waals surface area contributed by atoms with Crippen molar-refractivity contribution < 1.29 is 14.3 Å². The molecule has 0 aliphatic carbocycles. The minimum atomic E-state index is -0.498. The van der Waals surface area contributed by atoms with Crippen LogP contribution >= 0.6 is 0 Å². The first kappa shape index (κ1) is 21.5. The first-order chi connectivity index (χ1) is 13.7. The Morgan fingerprint density at radius 3 is 2.25 bits per heavy atom. The van der Waals surface area contributed by atoms with Gasteiger partial charge in [0.25, 0.3) is 5.91 Å². The van der Waals surface area contributed by atoms with E-state index in [1.807, 2.05) is 74.5 Å². The topological polar surface area (TPSA) is 58.6 Å². The molecule has 0 spiro atoms. The lowest BCUT2D eigenvalue weighted by molar-refractivity contribution is -0.142. The Hall–Kier alpha value is -2.82. The van der Waals surface area contributed by atoms with Gasteiger partial charge < -0.3 is 15.0 Å². The van der Waals surface area contributed by atoms with Crippen LogP contribution in [0.1, 0.15) is 32.3 Å². The summed E-state index contributed by atoms with van der Waals surface area (Å²) in [7, 11) is 0. The van der Waals surface area contributed by atoms with Crippen LogP contribution < -0.4 is 10.1 Å². The van der Waals surface area contributed by atoms with Crippen molar-refractivity contribution in [1.82, 2.24) is 10.2 Å². The van der Waals surface area contributed by atoms with E-state index in [1.165, 1.54) is 0 Å². The summed E-state index contributed by atoms with van der Waals surface area (Å²) in [6.45, 7) is 4.93. The van der Waals surface area contributed by atoms with Crippen molar-refractivity contribution in [1.29, 1.82) is 0 Å². The van der Waals surface area contributed by atoms with Gasteiger partial charge in [-0.2, -0.15) is 0 Å². The van der Waals surface area contributed by atoms with Gasteiger partial charge in [-0.25, -0.2) is 0 Å². The Labute approximate surface area is 167 Å². The standard InChI is InChI=1S/C23H30N2O3/c1-3-16-24-23(27)21(4-2)25(17-15-19-11-7-5-8-12-19)22(26)18-28-20-13-9-6-10-14-20/h5-14,21H,3-4,15-18H2,1-2H3,(H,24,27)/t21-/m0/s1. The van der Waals surface area contributed by atoms with Crippen molar-refractivity contribution in [2.45, 2.75) is 39.2 Å². The van der Waals surface area contributed by atoms with Gasteiger partial charge in [0.15, 0.2) is 6.61 Å². The van der Waals surface area contributed by atoms with Gasteiger partial charge in [-0.15, -0.1) is 0 Å². The monoisotopic (exact) mass is 382 g/mol. The van der Waals surface area contributed by atoms with Crippen LogP contribution in [0.4, 0.5) is 0 Å². The van der Waals surface area contributed by atoms with Crippen molar-refractivity contribution in [3.05, 3.63) is 66.2 Å². The van der Waals surface area contributed by atoms with Crippen LogP contribution in [-0.4, -0.2) is 42.5 Å². The molecule has 0 heterocycles. The third-order valence-corrected chi connectivity index (χ3v) is 4.52. The Bertz CT molecular complexity index is 719. The van der Waals surface area contributed by atoms with E-state index in [4.69, 9.17) is 4.74 Å². The predicted molar refractivity (Wildman–Crippen MR) is 111 cm³/mol. The first-order valence-electron chi connectivity index (χ1n) is 9.94. The fourth-order valence-corrected chi connectivity index (χ4v) is 3.01. The third kappa shape index (κ3) is 6.72. The highest BCUT2D eigenvalue weighted by molar-refractivity contribution is 5.88. The number of hydrogen-bond donors (Lipinski definition) is 1. The third-order valence-electron chi connectivity index (χ3n) is 4.52. The highest BCUT2D eigenvalue weighted by atomic mass is 16.5. The van der Waals surface area contributed by atoms with E-state index in [0.717, 1.165) is 12.0 Å². The largest absolute Gasteiger partial charge is 0.484 e. The van der Waals surface area contributed by atoms with Gasteiger partial charge in [-0.3, -0.25) is 9.59 Å². The van der Waals surface area contributed by atoms with Gasteiger partial charge in [0.1, 0.15) is 11.8 Å². The number of benzene rings is 2. The number of nitrogens with one attached hydrogen (secondary N) is 1. The van der Waals surface area contributed by atoms with E-state index in [0.29, 0.717) is 31.7 Å². The SMILES string of the molecule is CCCNC(=O)[C@H](CC)N(CCc1ccccc1)C(=O)COc1ccccc1. The molecular weight excluding hydrogens is 352 g/mol. The summed E-state index contributed by atoms with van der Waals surface area (Å²) in [5, 5.41) is 2.92. The van der Waals surface area contributed by atoms with E-state index in [9.17, 15) is 9.59 Å². The molecule has 5 heteroatoms. The van der Waals surface area contributed by atoms with Gasteiger partial charge in [0, 0.05) is 13.1 Å². The van der Waals surface area contributed by atoms with Gasteiger partial charge in [-0.05, 0) is 37.0 Å². The van der Waals surface area contributed by atoms with Crippen LogP contribution in [-0.2, 0) is 16.0 Å². The van der Waals surface area contributed by atoms with E-state index < -0.39 is 6.04 Å². The van der Waals surface area contributed by atoms with Crippen LogP contribution in [0.15, 0.2) is 60.7 Å². The van der Waals surface area contributed by atoms with E-state index in [1.54, 1.807) is 4.90 Å². The first-order valence-corrected chi connectivity index (χ1v) is 9.94. The van der Waals surface area contributed by atoms with E-state index in [-0.39, 0.29) is 18.4 Å². The molecule has 2 amide bonds. The predicted octanol–water partition coefficient (Wildman–Crippen LogP) is 3.44. The van der Waals surface area contributed by atoms with E-state index >= 15 is 0 Å². The van der Waals surface area contributed by atoms with Crippen LogP contribution in [0.5, 0.6) is 5.75 Å². The average molecular weight is 383 g/mol. The van der Waals surface area contributed by atoms with Crippen LogP contribution in [0.2, 0.25) is 0 Å². The molecule has 0 saturated carbocycles. The summed E-state index contributed by atoms with van der Waals surface area (Å²) in [5.74, 6) is 0.353.